The van der Waals surface area contributed by atoms with Crippen LogP contribution in [0, 0.1) is 5.82 Å². The molecule has 5 rings (SSSR count). The Kier molecular flexibility index (Phi) is 7.80. The molecule has 3 N–H and O–H groups in total. The number of fused-ring (bicyclic) bond motifs is 1. The smallest absolute Gasteiger partial charge is 0.248 e. The minimum Gasteiger partial charge on any atom is -0.486 e. The number of halogens is 2. The normalized spacial score (nSPS) is 19.8. The Bertz CT molecular complexity index is 1320. The molecular weight excluding hydrogens is 501 g/mol. The van der Waals surface area contributed by atoms with Crippen LogP contribution in [0.4, 0.5) is 21.6 Å². The molecule has 2 saturated heterocycles. The van der Waals surface area contributed by atoms with Gasteiger partial charge in [-0.3, -0.25) is 9.69 Å². The molecule has 2 aliphatic heterocycles. The first-order chi connectivity index (χ1) is 18.0. The molecule has 1 amide bonds. The third-order valence-electron chi connectivity index (χ3n) is 6.44. The lowest BCUT2D eigenvalue weighted by Gasteiger charge is -2.39. The number of benzene rings is 2. The van der Waals surface area contributed by atoms with Crippen LogP contribution >= 0.6 is 11.6 Å². The number of hydrogen-bond acceptors (Lipinski definition) is 8. The van der Waals surface area contributed by atoms with Crippen molar-refractivity contribution >= 4 is 45.6 Å². The van der Waals surface area contributed by atoms with Gasteiger partial charge in [0.1, 0.15) is 29.8 Å². The van der Waals surface area contributed by atoms with Gasteiger partial charge in [-0.25, -0.2) is 14.4 Å². The molecule has 2 fully saturated rings. The van der Waals surface area contributed by atoms with Gasteiger partial charge >= 0.3 is 0 Å². The molecule has 0 saturated carbocycles. The number of likely N-dealkylation sites (tertiary alicyclic amines) is 1. The molecule has 1 aromatic heterocycles. The minimum absolute atomic E-state index is 0.0129. The van der Waals surface area contributed by atoms with E-state index in [9.17, 15) is 14.3 Å². The quantitative estimate of drug-likeness (QED) is 0.360. The summed E-state index contributed by atoms with van der Waals surface area (Å²) in [5.41, 5.74) is 1.61. The lowest BCUT2D eigenvalue weighted by Crippen LogP contribution is -2.49. The number of aliphatic hydroxyl groups excluding tert-OH is 1. The van der Waals surface area contributed by atoms with E-state index >= 15 is 0 Å². The number of nitrogens with one attached hydrogen (secondary N) is 2. The van der Waals surface area contributed by atoms with Gasteiger partial charge in [-0.1, -0.05) is 17.7 Å². The van der Waals surface area contributed by atoms with Crippen molar-refractivity contribution in [1.29, 1.82) is 0 Å². The maximum atomic E-state index is 13.6. The Morgan fingerprint density at radius 1 is 1.30 bits per heavy atom. The molecule has 2 atom stereocenters. The van der Waals surface area contributed by atoms with Gasteiger partial charge in [0.25, 0.3) is 0 Å². The van der Waals surface area contributed by atoms with Crippen LogP contribution in [0.1, 0.15) is 12.8 Å². The van der Waals surface area contributed by atoms with Gasteiger partial charge in [-0.15, -0.1) is 0 Å². The molecule has 3 aromatic rings. The van der Waals surface area contributed by atoms with Crippen LogP contribution in [0.2, 0.25) is 5.02 Å². The van der Waals surface area contributed by atoms with E-state index < -0.39 is 5.82 Å². The van der Waals surface area contributed by atoms with E-state index in [0.717, 1.165) is 19.4 Å². The van der Waals surface area contributed by atoms with E-state index in [2.05, 4.69) is 25.5 Å². The minimum atomic E-state index is -0.517. The number of carbonyl (C=O) groups excluding carboxylic acids is 1. The van der Waals surface area contributed by atoms with Crippen LogP contribution in [0.5, 0.6) is 5.75 Å². The molecule has 2 aliphatic rings. The van der Waals surface area contributed by atoms with Gasteiger partial charge < -0.3 is 25.2 Å². The zero-order valence-corrected chi connectivity index (χ0v) is 20.7. The summed E-state index contributed by atoms with van der Waals surface area (Å²) in [6, 6.07) is 7.95. The van der Waals surface area contributed by atoms with E-state index in [0.29, 0.717) is 53.6 Å². The number of nitrogens with zero attached hydrogens (tertiary/aromatic N) is 3. The average Bonchev–Trinajstić information content (AvgIpc) is 3.37. The van der Waals surface area contributed by atoms with Gasteiger partial charge in [0.05, 0.1) is 36.0 Å². The van der Waals surface area contributed by atoms with Crippen molar-refractivity contribution in [2.75, 3.05) is 43.5 Å². The summed E-state index contributed by atoms with van der Waals surface area (Å²) >= 11 is 5.93. The number of ether oxygens (including phenoxy) is 2. The first-order valence-corrected chi connectivity index (χ1v) is 12.5. The third-order valence-corrected chi connectivity index (χ3v) is 6.73. The molecule has 9 nitrogen and oxygen atoms in total. The summed E-state index contributed by atoms with van der Waals surface area (Å²) in [4.78, 5) is 23.6. The van der Waals surface area contributed by atoms with Crippen LogP contribution < -0.4 is 15.4 Å². The molecule has 37 heavy (non-hydrogen) atoms. The third kappa shape index (κ3) is 5.99. The average molecular weight is 528 g/mol. The Balaban J connectivity index is 1.41. The molecule has 0 spiro atoms. The SMILES string of the molecule is O=C(/C=C/CN1CCC1CO)Nc1cc2c(Nc3ccc(F)c(Cl)c3)ncnc2cc1O[C@H]1CCOC1. The fraction of sp³-hybridized carbons (Fsp3) is 0.346. The molecule has 1 unspecified atom stereocenters. The number of aromatic nitrogens is 2. The van der Waals surface area contributed by atoms with Crippen molar-refractivity contribution in [3.05, 3.63) is 59.7 Å². The predicted molar refractivity (Wildman–Crippen MR) is 139 cm³/mol. The van der Waals surface area contributed by atoms with Crippen molar-refractivity contribution in [1.82, 2.24) is 14.9 Å². The monoisotopic (exact) mass is 527 g/mol. The lowest BCUT2D eigenvalue weighted by molar-refractivity contribution is -0.112. The maximum absolute atomic E-state index is 13.6. The number of aliphatic hydroxyl groups is 1. The summed E-state index contributed by atoms with van der Waals surface area (Å²) in [6.45, 7) is 2.68. The van der Waals surface area contributed by atoms with Crippen LogP contribution in [0.15, 0.2) is 48.8 Å². The molecule has 2 aromatic carbocycles. The van der Waals surface area contributed by atoms with E-state index in [1.165, 1.54) is 24.5 Å². The zero-order chi connectivity index (χ0) is 25.8. The van der Waals surface area contributed by atoms with E-state index in [-0.39, 0.29) is 29.7 Å². The first-order valence-electron chi connectivity index (χ1n) is 12.1. The number of carbonyl (C=O) groups is 1. The van der Waals surface area contributed by atoms with Gasteiger partial charge in [0, 0.05) is 48.8 Å². The zero-order valence-electron chi connectivity index (χ0n) is 20.0. The van der Waals surface area contributed by atoms with E-state index in [1.54, 1.807) is 24.3 Å². The van der Waals surface area contributed by atoms with Crippen molar-refractivity contribution in [3.8, 4) is 5.75 Å². The first kappa shape index (κ1) is 25.3. The molecule has 3 heterocycles. The van der Waals surface area contributed by atoms with Crippen molar-refractivity contribution in [2.24, 2.45) is 0 Å². The van der Waals surface area contributed by atoms with Crippen LogP contribution in [-0.2, 0) is 9.53 Å². The fourth-order valence-corrected chi connectivity index (χ4v) is 4.47. The number of amides is 1. The second-order valence-corrected chi connectivity index (χ2v) is 9.36. The Hall–Kier alpha value is -3.31. The molecule has 0 radical (unpaired) electrons. The Morgan fingerprint density at radius 3 is 2.92 bits per heavy atom. The lowest BCUT2D eigenvalue weighted by atomic mass is 10.0. The van der Waals surface area contributed by atoms with Crippen molar-refractivity contribution < 1.29 is 23.8 Å². The highest BCUT2D eigenvalue weighted by Crippen LogP contribution is 2.35. The van der Waals surface area contributed by atoms with Gasteiger partial charge in [0.15, 0.2) is 0 Å². The van der Waals surface area contributed by atoms with Gasteiger partial charge in [-0.2, -0.15) is 0 Å². The summed E-state index contributed by atoms with van der Waals surface area (Å²) in [5, 5.41) is 16.0. The van der Waals surface area contributed by atoms with Crippen LogP contribution in [0.25, 0.3) is 10.9 Å². The highest BCUT2D eigenvalue weighted by Gasteiger charge is 2.25. The number of rotatable bonds is 9. The topological polar surface area (TPSA) is 109 Å². The molecule has 11 heteroatoms. The second kappa shape index (κ2) is 11.4. The summed E-state index contributed by atoms with van der Waals surface area (Å²) in [7, 11) is 0. The standard InChI is InChI=1S/C26H27ClFN5O4/c27-20-10-16(3-4-21(20)28)31-26-19-11-23(32-25(35)2-1-7-33-8-5-17(33)13-34)24(12-22(19)29-15-30-26)37-18-6-9-36-14-18/h1-4,10-12,15,17-18,34H,5-9,13-14H2,(H,32,35)(H,29,30,31)/b2-1+/t17?,18-/m0/s1. The summed E-state index contributed by atoms with van der Waals surface area (Å²) in [6.07, 6.45) is 6.23. The van der Waals surface area contributed by atoms with Crippen LogP contribution in [-0.4, -0.2) is 70.9 Å². The highest BCUT2D eigenvalue weighted by atomic mass is 35.5. The molecule has 0 aliphatic carbocycles. The van der Waals surface area contributed by atoms with Gasteiger partial charge in [-0.05, 0) is 30.7 Å². The fourth-order valence-electron chi connectivity index (χ4n) is 4.29. The van der Waals surface area contributed by atoms with Crippen molar-refractivity contribution in [2.45, 2.75) is 25.0 Å². The maximum Gasteiger partial charge on any atom is 0.248 e. The number of anilines is 3. The molecule has 0 bridgehead atoms. The van der Waals surface area contributed by atoms with Crippen LogP contribution in [0.3, 0.4) is 0 Å². The predicted octanol–water partition coefficient (Wildman–Crippen LogP) is 3.89. The van der Waals surface area contributed by atoms with Gasteiger partial charge in [0.2, 0.25) is 5.91 Å². The van der Waals surface area contributed by atoms with Crippen molar-refractivity contribution in [3.63, 3.8) is 0 Å². The number of hydrogen-bond donors (Lipinski definition) is 3. The van der Waals surface area contributed by atoms with E-state index in [1.807, 2.05) is 0 Å². The van der Waals surface area contributed by atoms with E-state index in [4.69, 9.17) is 21.1 Å². The largest absolute Gasteiger partial charge is 0.486 e. The Morgan fingerprint density at radius 2 is 2.19 bits per heavy atom. The molecule has 194 valence electrons. The second-order valence-electron chi connectivity index (χ2n) is 8.96. The Labute approximate surface area is 218 Å². The molecular formula is C26H27ClFN5O4. The summed E-state index contributed by atoms with van der Waals surface area (Å²) < 4.78 is 25.2. The summed E-state index contributed by atoms with van der Waals surface area (Å²) in [5.74, 6) is 0.103. The highest BCUT2D eigenvalue weighted by molar-refractivity contribution is 6.31.